The molecule has 1 aliphatic heterocycles. The molecule has 1 fully saturated rings. The molecule has 3 aromatic carbocycles. The third-order valence-corrected chi connectivity index (χ3v) is 8.79. The Kier molecular flexibility index (Phi) is 9.10. The second-order valence-electron chi connectivity index (χ2n) is 9.33. The van der Waals surface area contributed by atoms with Crippen molar-refractivity contribution in [3.63, 3.8) is 0 Å². The van der Waals surface area contributed by atoms with Crippen molar-refractivity contribution in [2.75, 3.05) is 25.0 Å². The fraction of sp³-hybridized carbons (Fsp3) is 0.286. The van der Waals surface area contributed by atoms with Gasteiger partial charge in [0.1, 0.15) is 0 Å². The Morgan fingerprint density at radius 2 is 1.61 bits per heavy atom. The number of likely N-dealkylation sites (tertiary alicyclic amines) is 1. The van der Waals surface area contributed by atoms with Gasteiger partial charge in [-0.3, -0.25) is 9.59 Å². The number of amides is 2. The maximum absolute atomic E-state index is 13.5. The van der Waals surface area contributed by atoms with Crippen molar-refractivity contribution in [1.29, 1.82) is 0 Å². The molecule has 0 aromatic heterocycles. The van der Waals surface area contributed by atoms with Crippen LogP contribution in [0.3, 0.4) is 0 Å². The highest BCUT2D eigenvalue weighted by molar-refractivity contribution is 7.89. The van der Waals surface area contributed by atoms with Crippen molar-refractivity contribution in [3.8, 4) is 0 Å². The molecule has 0 spiro atoms. The second kappa shape index (κ2) is 12.3. The van der Waals surface area contributed by atoms with E-state index in [1.165, 1.54) is 18.2 Å². The van der Waals surface area contributed by atoms with Crippen molar-refractivity contribution in [3.05, 3.63) is 93.5 Å². The van der Waals surface area contributed by atoms with E-state index >= 15 is 0 Å². The van der Waals surface area contributed by atoms with Gasteiger partial charge in [0.25, 0.3) is 0 Å². The SMILES string of the molecule is Cc1ccc(S(=O)(=O)N(CC(=O)Nc2ccc(CC(=O)N3CCCC3)cc2)Cc2ccc(Cl)cc2Cl)cc1. The molecular weight excluding hydrogens is 545 g/mol. The zero-order valence-corrected chi connectivity index (χ0v) is 23.3. The van der Waals surface area contributed by atoms with Gasteiger partial charge in [-0.1, -0.05) is 59.1 Å². The normalized spacial score (nSPS) is 13.6. The van der Waals surface area contributed by atoms with Gasteiger partial charge in [0.05, 0.1) is 17.9 Å². The molecule has 4 rings (SSSR count). The molecule has 0 atom stereocenters. The van der Waals surface area contributed by atoms with Crippen LogP contribution in [-0.2, 0) is 32.6 Å². The van der Waals surface area contributed by atoms with Crippen LogP contribution in [0.1, 0.15) is 29.5 Å². The lowest BCUT2D eigenvalue weighted by Gasteiger charge is -2.23. The number of carbonyl (C=O) groups is 2. The number of nitrogens with one attached hydrogen (secondary N) is 1. The number of aryl methyl sites for hydroxylation is 1. The minimum atomic E-state index is -4.02. The number of sulfonamides is 1. The van der Waals surface area contributed by atoms with Crippen LogP contribution in [-0.4, -0.2) is 49.1 Å². The van der Waals surface area contributed by atoms with E-state index in [4.69, 9.17) is 23.2 Å². The van der Waals surface area contributed by atoms with Gasteiger partial charge < -0.3 is 10.2 Å². The fourth-order valence-electron chi connectivity index (χ4n) is 4.24. The first-order valence-corrected chi connectivity index (χ1v) is 14.5. The molecule has 1 saturated heterocycles. The number of anilines is 1. The van der Waals surface area contributed by atoms with Crippen LogP contribution < -0.4 is 5.32 Å². The lowest BCUT2D eigenvalue weighted by Crippen LogP contribution is -2.37. The Morgan fingerprint density at radius 3 is 2.24 bits per heavy atom. The monoisotopic (exact) mass is 573 g/mol. The van der Waals surface area contributed by atoms with Crippen LogP contribution in [0.25, 0.3) is 0 Å². The molecule has 1 heterocycles. The Morgan fingerprint density at radius 1 is 0.947 bits per heavy atom. The predicted octanol–water partition coefficient (Wildman–Crippen LogP) is 5.30. The zero-order valence-electron chi connectivity index (χ0n) is 21.0. The van der Waals surface area contributed by atoms with Crippen molar-refractivity contribution in [2.24, 2.45) is 0 Å². The first-order chi connectivity index (χ1) is 18.1. The molecule has 0 aliphatic carbocycles. The summed E-state index contributed by atoms with van der Waals surface area (Å²) in [4.78, 5) is 27.3. The van der Waals surface area contributed by atoms with Crippen LogP contribution in [0.4, 0.5) is 5.69 Å². The third kappa shape index (κ3) is 7.14. The molecule has 0 bridgehead atoms. The molecule has 3 aromatic rings. The summed E-state index contributed by atoms with van der Waals surface area (Å²) in [7, 11) is -4.02. The molecule has 0 saturated carbocycles. The quantitative estimate of drug-likeness (QED) is 0.376. The fourth-order valence-corrected chi connectivity index (χ4v) is 6.09. The number of hydrogen-bond donors (Lipinski definition) is 1. The van der Waals surface area contributed by atoms with Gasteiger partial charge in [0.2, 0.25) is 21.8 Å². The van der Waals surface area contributed by atoms with Gasteiger partial charge in [-0.2, -0.15) is 4.31 Å². The van der Waals surface area contributed by atoms with Crippen molar-refractivity contribution >= 4 is 50.7 Å². The number of hydrogen-bond acceptors (Lipinski definition) is 4. The Balaban J connectivity index is 1.48. The Labute approximate surface area is 233 Å². The summed E-state index contributed by atoms with van der Waals surface area (Å²) in [5.41, 5.74) is 2.79. The van der Waals surface area contributed by atoms with Crippen LogP contribution in [0, 0.1) is 6.92 Å². The standard InChI is InChI=1S/C28H29Cl2N3O4S/c1-20-4-12-25(13-5-20)38(36,37)33(18-22-8-9-23(29)17-26(22)30)19-27(34)31-24-10-6-21(7-11-24)16-28(35)32-14-2-3-15-32/h4-13,17H,2-3,14-16,18-19H2,1H3,(H,31,34). The highest BCUT2D eigenvalue weighted by Crippen LogP contribution is 2.25. The number of nitrogens with zero attached hydrogens (tertiary/aromatic N) is 2. The molecule has 10 heteroatoms. The van der Waals surface area contributed by atoms with Crippen molar-refractivity contribution in [1.82, 2.24) is 9.21 Å². The number of carbonyl (C=O) groups excluding carboxylic acids is 2. The van der Waals surface area contributed by atoms with E-state index in [-0.39, 0.29) is 17.3 Å². The van der Waals surface area contributed by atoms with Gasteiger partial charge in [0, 0.05) is 35.4 Å². The van der Waals surface area contributed by atoms with E-state index in [1.807, 2.05) is 11.8 Å². The minimum Gasteiger partial charge on any atom is -0.342 e. The smallest absolute Gasteiger partial charge is 0.243 e. The number of halogens is 2. The summed E-state index contributed by atoms with van der Waals surface area (Å²) in [5, 5.41) is 3.49. The molecule has 7 nitrogen and oxygen atoms in total. The first kappa shape index (κ1) is 28.1. The minimum absolute atomic E-state index is 0.0769. The van der Waals surface area contributed by atoms with Crippen molar-refractivity contribution < 1.29 is 18.0 Å². The Bertz CT molecular complexity index is 1410. The number of rotatable bonds is 9. The van der Waals surface area contributed by atoms with E-state index in [1.54, 1.807) is 48.5 Å². The summed E-state index contributed by atoms with van der Waals surface area (Å²) in [6.07, 6.45) is 2.38. The van der Waals surface area contributed by atoms with E-state index in [9.17, 15) is 18.0 Å². The average Bonchev–Trinajstić information content (AvgIpc) is 3.42. The number of benzene rings is 3. The van der Waals surface area contributed by atoms with Gasteiger partial charge in [-0.15, -0.1) is 0 Å². The summed E-state index contributed by atoms with van der Waals surface area (Å²) in [6, 6.07) is 18.2. The predicted molar refractivity (Wildman–Crippen MR) is 150 cm³/mol. The summed E-state index contributed by atoms with van der Waals surface area (Å²) < 4.78 is 28.1. The topological polar surface area (TPSA) is 86.8 Å². The lowest BCUT2D eigenvalue weighted by molar-refractivity contribution is -0.129. The second-order valence-corrected chi connectivity index (χ2v) is 12.1. The van der Waals surface area contributed by atoms with Gasteiger partial charge in [0.15, 0.2) is 0 Å². The van der Waals surface area contributed by atoms with E-state index in [0.717, 1.165) is 41.4 Å². The zero-order chi connectivity index (χ0) is 27.3. The maximum Gasteiger partial charge on any atom is 0.243 e. The largest absolute Gasteiger partial charge is 0.342 e. The molecule has 1 aliphatic rings. The highest BCUT2D eigenvalue weighted by atomic mass is 35.5. The molecular formula is C28H29Cl2N3O4S. The summed E-state index contributed by atoms with van der Waals surface area (Å²) >= 11 is 12.3. The lowest BCUT2D eigenvalue weighted by atomic mass is 10.1. The van der Waals surface area contributed by atoms with Gasteiger partial charge >= 0.3 is 0 Å². The third-order valence-electron chi connectivity index (χ3n) is 6.39. The molecule has 1 N–H and O–H groups in total. The van der Waals surface area contributed by atoms with Gasteiger partial charge in [-0.05, 0) is 67.3 Å². The van der Waals surface area contributed by atoms with Crippen molar-refractivity contribution in [2.45, 2.75) is 37.6 Å². The van der Waals surface area contributed by atoms with E-state index in [0.29, 0.717) is 27.7 Å². The molecule has 2 amide bonds. The average molecular weight is 575 g/mol. The molecule has 38 heavy (non-hydrogen) atoms. The van der Waals surface area contributed by atoms with Crippen LogP contribution in [0.15, 0.2) is 71.6 Å². The van der Waals surface area contributed by atoms with Crippen LogP contribution in [0.2, 0.25) is 10.0 Å². The summed E-state index contributed by atoms with van der Waals surface area (Å²) in [6.45, 7) is 2.93. The van der Waals surface area contributed by atoms with E-state index in [2.05, 4.69) is 5.32 Å². The van der Waals surface area contributed by atoms with Crippen LogP contribution >= 0.6 is 23.2 Å². The first-order valence-electron chi connectivity index (χ1n) is 12.3. The molecule has 0 unspecified atom stereocenters. The summed E-state index contributed by atoms with van der Waals surface area (Å²) in [5.74, 6) is -0.413. The van der Waals surface area contributed by atoms with E-state index < -0.39 is 22.5 Å². The maximum atomic E-state index is 13.5. The Hall–Kier alpha value is -2.91. The highest BCUT2D eigenvalue weighted by Gasteiger charge is 2.28. The van der Waals surface area contributed by atoms with Gasteiger partial charge in [-0.25, -0.2) is 8.42 Å². The molecule has 0 radical (unpaired) electrons. The molecule has 200 valence electrons. The van der Waals surface area contributed by atoms with Crippen LogP contribution in [0.5, 0.6) is 0 Å².